The van der Waals surface area contributed by atoms with Gasteiger partial charge < -0.3 is 10.4 Å². The fourth-order valence-electron chi connectivity index (χ4n) is 1.76. The van der Waals surface area contributed by atoms with Gasteiger partial charge in [0.25, 0.3) is 0 Å². The number of hydrogen-bond donors (Lipinski definition) is 2. The zero-order chi connectivity index (χ0) is 12.3. The number of carboxylic acid groups (broad SMARTS) is 1. The van der Waals surface area contributed by atoms with E-state index in [9.17, 15) is 9.59 Å². The second-order valence-electron chi connectivity index (χ2n) is 5.85. The molecule has 0 saturated heterocycles. The Balaban J connectivity index is 2.42. The van der Waals surface area contributed by atoms with Crippen molar-refractivity contribution in [2.24, 2.45) is 11.3 Å². The van der Waals surface area contributed by atoms with Crippen LogP contribution in [0.1, 0.15) is 46.5 Å². The molecular formula is C12H21NO3. The lowest BCUT2D eigenvalue weighted by Gasteiger charge is -2.21. The molecule has 0 aromatic rings. The highest BCUT2D eigenvalue weighted by Crippen LogP contribution is 2.34. The van der Waals surface area contributed by atoms with Crippen LogP contribution < -0.4 is 5.32 Å². The maximum absolute atomic E-state index is 11.7. The highest BCUT2D eigenvalue weighted by atomic mass is 16.4. The van der Waals surface area contributed by atoms with Crippen molar-refractivity contribution in [1.29, 1.82) is 0 Å². The molecule has 4 nitrogen and oxygen atoms in total. The van der Waals surface area contributed by atoms with Crippen molar-refractivity contribution in [3.63, 3.8) is 0 Å². The zero-order valence-corrected chi connectivity index (χ0v) is 10.2. The van der Waals surface area contributed by atoms with E-state index < -0.39 is 5.97 Å². The Morgan fingerprint density at radius 3 is 2.31 bits per heavy atom. The van der Waals surface area contributed by atoms with Gasteiger partial charge in [-0.2, -0.15) is 0 Å². The maximum Gasteiger partial charge on any atom is 0.305 e. The molecule has 92 valence electrons. The maximum atomic E-state index is 11.7. The Morgan fingerprint density at radius 1 is 1.38 bits per heavy atom. The minimum atomic E-state index is -0.840. The van der Waals surface area contributed by atoms with E-state index in [4.69, 9.17) is 5.11 Å². The van der Waals surface area contributed by atoms with Crippen molar-refractivity contribution in [2.45, 2.75) is 52.5 Å². The van der Waals surface area contributed by atoms with E-state index in [1.165, 1.54) is 0 Å². The van der Waals surface area contributed by atoms with Crippen LogP contribution in [0.3, 0.4) is 0 Å². The number of carboxylic acids is 1. The van der Waals surface area contributed by atoms with Crippen LogP contribution in [0.5, 0.6) is 0 Å². The van der Waals surface area contributed by atoms with Gasteiger partial charge >= 0.3 is 5.97 Å². The van der Waals surface area contributed by atoms with Gasteiger partial charge in [0, 0.05) is 12.5 Å². The fraction of sp³-hybridized carbons (Fsp3) is 0.833. The van der Waals surface area contributed by atoms with Crippen molar-refractivity contribution in [3.05, 3.63) is 0 Å². The van der Waals surface area contributed by atoms with Crippen LogP contribution in [0.4, 0.5) is 0 Å². The molecule has 2 N–H and O–H groups in total. The molecule has 1 amide bonds. The van der Waals surface area contributed by atoms with E-state index >= 15 is 0 Å². The number of carbonyl (C=O) groups is 2. The summed E-state index contributed by atoms with van der Waals surface area (Å²) < 4.78 is 0. The third-order valence-electron chi connectivity index (χ3n) is 2.62. The van der Waals surface area contributed by atoms with Crippen molar-refractivity contribution < 1.29 is 14.7 Å². The number of hydrogen-bond acceptors (Lipinski definition) is 2. The predicted molar refractivity (Wildman–Crippen MR) is 61.0 cm³/mol. The molecule has 0 radical (unpaired) electrons. The average Bonchev–Trinajstić information content (AvgIpc) is 2.78. The first-order valence-corrected chi connectivity index (χ1v) is 5.79. The Labute approximate surface area is 96.4 Å². The number of aliphatic carboxylic acids is 1. The van der Waals surface area contributed by atoms with E-state index in [0.717, 1.165) is 12.8 Å². The molecule has 16 heavy (non-hydrogen) atoms. The summed E-state index contributed by atoms with van der Waals surface area (Å²) in [5.74, 6) is -0.501. The lowest BCUT2D eigenvalue weighted by atomic mass is 9.91. The molecular weight excluding hydrogens is 206 g/mol. The van der Waals surface area contributed by atoms with Gasteiger partial charge in [0.15, 0.2) is 0 Å². The van der Waals surface area contributed by atoms with Gasteiger partial charge in [0.05, 0.1) is 6.42 Å². The Bertz CT molecular complexity index is 276. The Kier molecular flexibility index (Phi) is 3.94. The van der Waals surface area contributed by atoms with Gasteiger partial charge in [-0.3, -0.25) is 9.59 Å². The van der Waals surface area contributed by atoms with Crippen LogP contribution in [0.2, 0.25) is 0 Å². The highest BCUT2D eigenvalue weighted by Gasteiger charge is 2.34. The zero-order valence-electron chi connectivity index (χ0n) is 10.2. The molecule has 0 bridgehead atoms. The van der Waals surface area contributed by atoms with Crippen LogP contribution >= 0.6 is 0 Å². The molecule has 1 aliphatic rings. The van der Waals surface area contributed by atoms with Crippen LogP contribution in [-0.4, -0.2) is 23.0 Å². The summed E-state index contributed by atoms with van der Waals surface area (Å²) in [6.07, 6.45) is 2.55. The minimum Gasteiger partial charge on any atom is -0.481 e. The van der Waals surface area contributed by atoms with Crippen molar-refractivity contribution in [1.82, 2.24) is 5.32 Å². The first kappa shape index (κ1) is 13.0. The summed E-state index contributed by atoms with van der Waals surface area (Å²) in [4.78, 5) is 22.3. The SMILES string of the molecule is CC(C)(C)CC(=O)NC(CC(=O)O)C1CC1. The monoisotopic (exact) mass is 227 g/mol. The minimum absolute atomic E-state index is 0.0364. The first-order chi connectivity index (χ1) is 7.28. The molecule has 4 heteroatoms. The number of rotatable bonds is 5. The lowest BCUT2D eigenvalue weighted by molar-refractivity contribution is -0.137. The van der Waals surface area contributed by atoms with Gasteiger partial charge in [-0.1, -0.05) is 20.8 Å². The Hall–Kier alpha value is -1.06. The molecule has 1 fully saturated rings. The summed E-state index contributed by atoms with van der Waals surface area (Å²) in [6.45, 7) is 5.99. The van der Waals surface area contributed by atoms with E-state index in [1.54, 1.807) is 0 Å². The fourth-order valence-corrected chi connectivity index (χ4v) is 1.76. The van der Waals surface area contributed by atoms with Crippen LogP contribution in [0.25, 0.3) is 0 Å². The third kappa shape index (κ3) is 5.14. The lowest BCUT2D eigenvalue weighted by Crippen LogP contribution is -2.39. The molecule has 0 spiro atoms. The highest BCUT2D eigenvalue weighted by molar-refractivity contribution is 5.78. The molecule has 0 heterocycles. The summed E-state index contributed by atoms with van der Waals surface area (Å²) in [6, 6.07) is -0.174. The van der Waals surface area contributed by atoms with Gasteiger partial charge in [0.2, 0.25) is 5.91 Å². The standard InChI is InChI=1S/C12H21NO3/c1-12(2,3)7-10(14)13-9(6-11(15)16)8-4-5-8/h8-9H,4-7H2,1-3H3,(H,13,14)(H,15,16). The van der Waals surface area contributed by atoms with E-state index in [1.807, 2.05) is 20.8 Å². The molecule has 0 aromatic carbocycles. The molecule has 0 aromatic heterocycles. The van der Waals surface area contributed by atoms with Gasteiger partial charge in [0.1, 0.15) is 0 Å². The third-order valence-corrected chi connectivity index (χ3v) is 2.62. The summed E-state index contributed by atoms with van der Waals surface area (Å²) in [5.41, 5.74) is -0.0542. The second kappa shape index (κ2) is 4.85. The van der Waals surface area contributed by atoms with E-state index in [0.29, 0.717) is 12.3 Å². The molecule has 1 atom stereocenters. The summed E-state index contributed by atoms with van der Waals surface area (Å²) in [5, 5.41) is 11.6. The molecule has 1 aliphatic carbocycles. The van der Waals surface area contributed by atoms with Gasteiger partial charge in [-0.05, 0) is 24.2 Å². The van der Waals surface area contributed by atoms with Crippen molar-refractivity contribution >= 4 is 11.9 Å². The molecule has 0 aliphatic heterocycles. The molecule has 1 saturated carbocycles. The van der Waals surface area contributed by atoms with Gasteiger partial charge in [-0.25, -0.2) is 0 Å². The average molecular weight is 227 g/mol. The van der Waals surface area contributed by atoms with Crippen molar-refractivity contribution in [2.75, 3.05) is 0 Å². The number of nitrogens with one attached hydrogen (secondary N) is 1. The van der Waals surface area contributed by atoms with Gasteiger partial charge in [-0.15, -0.1) is 0 Å². The smallest absolute Gasteiger partial charge is 0.305 e. The molecule has 1 unspecified atom stereocenters. The van der Waals surface area contributed by atoms with Crippen LogP contribution in [0, 0.1) is 11.3 Å². The summed E-state index contributed by atoms with van der Waals surface area (Å²) >= 11 is 0. The predicted octanol–water partition coefficient (Wildman–Crippen LogP) is 1.79. The Morgan fingerprint density at radius 2 is 1.94 bits per heavy atom. The van der Waals surface area contributed by atoms with Crippen LogP contribution in [-0.2, 0) is 9.59 Å². The van der Waals surface area contributed by atoms with Crippen LogP contribution in [0.15, 0.2) is 0 Å². The molecule has 1 rings (SSSR count). The number of carbonyl (C=O) groups excluding carboxylic acids is 1. The first-order valence-electron chi connectivity index (χ1n) is 5.79. The number of amides is 1. The largest absolute Gasteiger partial charge is 0.481 e. The topological polar surface area (TPSA) is 66.4 Å². The summed E-state index contributed by atoms with van der Waals surface area (Å²) in [7, 11) is 0. The van der Waals surface area contributed by atoms with E-state index in [-0.39, 0.29) is 23.8 Å². The normalized spacial score (nSPS) is 17.9. The van der Waals surface area contributed by atoms with E-state index in [2.05, 4.69) is 5.32 Å². The second-order valence-corrected chi connectivity index (χ2v) is 5.85. The quantitative estimate of drug-likeness (QED) is 0.752. The van der Waals surface area contributed by atoms with Crippen molar-refractivity contribution in [3.8, 4) is 0 Å².